The van der Waals surface area contributed by atoms with Gasteiger partial charge in [-0.2, -0.15) is 0 Å². The standard InChI is InChI=1S/C21H30N2O3/c1-12-6-9-17(25-5)19-18(12)21-10-11-23(4)13(2)15(21)7-8-16(20(21)26-19)22-14(3)24/h6,9,13,15-16,20H,7-8,10-11H2,1-5H3,(H,22,24)/t13-,15?,16+,20+,21+/m1/s1. The molecule has 0 bridgehead atoms. The van der Waals surface area contributed by atoms with E-state index in [4.69, 9.17) is 9.47 Å². The first-order valence-corrected chi connectivity index (χ1v) is 9.72. The molecular weight excluding hydrogens is 328 g/mol. The van der Waals surface area contributed by atoms with Gasteiger partial charge in [-0.05, 0) is 64.3 Å². The number of aryl methyl sites for hydroxylation is 1. The van der Waals surface area contributed by atoms with Crippen LogP contribution in [0.3, 0.4) is 0 Å². The van der Waals surface area contributed by atoms with Gasteiger partial charge in [-0.15, -0.1) is 0 Å². The molecule has 5 heteroatoms. The van der Waals surface area contributed by atoms with E-state index in [2.05, 4.69) is 37.2 Å². The number of methoxy groups -OCH3 is 1. The van der Waals surface area contributed by atoms with Gasteiger partial charge in [0.25, 0.3) is 0 Å². The topological polar surface area (TPSA) is 50.8 Å². The van der Waals surface area contributed by atoms with Crippen molar-refractivity contribution in [1.29, 1.82) is 0 Å². The Morgan fingerprint density at radius 3 is 2.85 bits per heavy atom. The van der Waals surface area contributed by atoms with Gasteiger partial charge in [0.2, 0.25) is 5.91 Å². The third-order valence-electron chi connectivity index (χ3n) is 7.13. The first-order chi connectivity index (χ1) is 12.4. The van der Waals surface area contributed by atoms with Gasteiger partial charge in [0.05, 0.1) is 13.2 Å². The van der Waals surface area contributed by atoms with Crippen molar-refractivity contribution < 1.29 is 14.3 Å². The van der Waals surface area contributed by atoms with E-state index >= 15 is 0 Å². The number of ether oxygens (including phenoxy) is 2. The van der Waals surface area contributed by atoms with E-state index in [1.807, 2.05) is 6.07 Å². The number of hydrogen-bond donors (Lipinski definition) is 1. The van der Waals surface area contributed by atoms with Crippen LogP contribution in [0, 0.1) is 12.8 Å². The molecule has 1 amide bonds. The molecule has 0 aromatic heterocycles. The van der Waals surface area contributed by atoms with Crippen LogP contribution in [0.1, 0.15) is 44.2 Å². The molecule has 1 aromatic rings. The summed E-state index contributed by atoms with van der Waals surface area (Å²) in [5, 5.41) is 3.18. The van der Waals surface area contributed by atoms with E-state index in [0.29, 0.717) is 12.0 Å². The van der Waals surface area contributed by atoms with Crippen LogP contribution in [-0.2, 0) is 10.2 Å². The number of carbonyl (C=O) groups excluding carboxylic acids is 1. The Bertz CT molecular complexity index is 734. The minimum Gasteiger partial charge on any atom is -0.493 e. The largest absolute Gasteiger partial charge is 0.493 e. The number of rotatable bonds is 2. The van der Waals surface area contributed by atoms with Crippen molar-refractivity contribution in [2.45, 2.75) is 63.6 Å². The number of nitrogens with zero attached hydrogens (tertiary/aromatic N) is 1. The molecule has 5 nitrogen and oxygen atoms in total. The van der Waals surface area contributed by atoms with E-state index in [1.54, 1.807) is 14.0 Å². The number of fused-ring (bicyclic) bond motifs is 1. The highest BCUT2D eigenvalue weighted by Gasteiger charge is 2.62. The van der Waals surface area contributed by atoms with Crippen LogP contribution in [0.4, 0.5) is 0 Å². The summed E-state index contributed by atoms with van der Waals surface area (Å²) < 4.78 is 12.2. The third-order valence-corrected chi connectivity index (χ3v) is 7.13. The van der Waals surface area contributed by atoms with Crippen LogP contribution < -0.4 is 14.8 Å². The third kappa shape index (κ3) is 2.29. The normalized spacial score (nSPS) is 35.7. The molecule has 5 atom stereocenters. The van der Waals surface area contributed by atoms with E-state index in [9.17, 15) is 4.79 Å². The molecular formula is C21H30N2O3. The Balaban J connectivity index is 1.89. The number of likely N-dealkylation sites (tertiary alicyclic amines) is 1. The highest BCUT2D eigenvalue weighted by Crippen LogP contribution is 2.60. The lowest BCUT2D eigenvalue weighted by molar-refractivity contribution is -0.122. The van der Waals surface area contributed by atoms with Gasteiger partial charge in [-0.1, -0.05) is 6.07 Å². The summed E-state index contributed by atoms with van der Waals surface area (Å²) in [6, 6.07) is 4.70. The molecule has 26 heavy (non-hydrogen) atoms. The summed E-state index contributed by atoms with van der Waals surface area (Å²) in [5.74, 6) is 2.24. The first kappa shape index (κ1) is 17.7. The lowest BCUT2D eigenvalue weighted by Gasteiger charge is -2.56. The van der Waals surface area contributed by atoms with Crippen molar-refractivity contribution in [3.8, 4) is 11.5 Å². The molecule has 2 fully saturated rings. The first-order valence-electron chi connectivity index (χ1n) is 9.72. The number of amides is 1. The number of carbonyl (C=O) groups is 1. The summed E-state index contributed by atoms with van der Waals surface area (Å²) in [6.45, 7) is 7.17. The van der Waals surface area contributed by atoms with E-state index < -0.39 is 0 Å². The molecule has 2 aliphatic heterocycles. The van der Waals surface area contributed by atoms with E-state index in [-0.39, 0.29) is 23.5 Å². The second-order valence-corrected chi connectivity index (χ2v) is 8.33. The van der Waals surface area contributed by atoms with Crippen LogP contribution in [0.25, 0.3) is 0 Å². The highest BCUT2D eigenvalue weighted by atomic mass is 16.5. The molecule has 1 aromatic carbocycles. The Morgan fingerprint density at radius 2 is 2.15 bits per heavy atom. The van der Waals surface area contributed by atoms with Crippen LogP contribution in [-0.4, -0.2) is 49.7 Å². The number of benzene rings is 1. The van der Waals surface area contributed by atoms with Crippen molar-refractivity contribution in [3.05, 3.63) is 23.3 Å². The monoisotopic (exact) mass is 358 g/mol. The van der Waals surface area contributed by atoms with Gasteiger partial charge < -0.3 is 19.7 Å². The van der Waals surface area contributed by atoms with Crippen LogP contribution in [0.2, 0.25) is 0 Å². The molecule has 3 aliphatic rings. The molecule has 4 rings (SSSR count). The number of piperidine rings is 1. The van der Waals surface area contributed by atoms with Gasteiger partial charge in [0, 0.05) is 23.9 Å². The maximum absolute atomic E-state index is 11.8. The van der Waals surface area contributed by atoms with Crippen molar-refractivity contribution in [3.63, 3.8) is 0 Å². The van der Waals surface area contributed by atoms with Crippen LogP contribution >= 0.6 is 0 Å². The van der Waals surface area contributed by atoms with Gasteiger partial charge in [0.15, 0.2) is 11.5 Å². The maximum Gasteiger partial charge on any atom is 0.217 e. The van der Waals surface area contributed by atoms with E-state index in [1.165, 1.54) is 11.1 Å². The minimum atomic E-state index is -0.0503. The fourth-order valence-electron chi connectivity index (χ4n) is 5.90. The average Bonchev–Trinajstić information content (AvgIpc) is 2.95. The smallest absolute Gasteiger partial charge is 0.217 e. The summed E-state index contributed by atoms with van der Waals surface area (Å²) in [4.78, 5) is 14.3. The highest BCUT2D eigenvalue weighted by molar-refractivity contribution is 5.73. The Morgan fingerprint density at radius 1 is 1.38 bits per heavy atom. The predicted molar refractivity (Wildman–Crippen MR) is 101 cm³/mol. The van der Waals surface area contributed by atoms with Gasteiger partial charge in [-0.25, -0.2) is 0 Å². The van der Waals surface area contributed by atoms with Crippen LogP contribution in [0.15, 0.2) is 12.1 Å². The molecule has 1 saturated carbocycles. The Hall–Kier alpha value is -1.75. The number of nitrogens with one attached hydrogen (secondary N) is 1. The Kier molecular flexibility index (Phi) is 4.18. The van der Waals surface area contributed by atoms with Gasteiger partial charge >= 0.3 is 0 Å². The van der Waals surface area contributed by atoms with Gasteiger partial charge in [0.1, 0.15) is 6.10 Å². The zero-order chi connectivity index (χ0) is 18.6. The quantitative estimate of drug-likeness (QED) is 0.883. The molecule has 1 N–H and O–H groups in total. The molecule has 1 saturated heterocycles. The molecule has 1 aliphatic carbocycles. The molecule has 1 unspecified atom stereocenters. The molecule has 142 valence electrons. The predicted octanol–water partition coefficient (Wildman–Crippen LogP) is 2.64. The zero-order valence-corrected chi connectivity index (χ0v) is 16.5. The SMILES string of the molecule is COc1ccc(C)c2c1O[C@H]1[C@@H](NC(C)=O)CCC3[C@@H](C)N(C)CC[C@@]231. The van der Waals surface area contributed by atoms with Crippen LogP contribution in [0.5, 0.6) is 11.5 Å². The van der Waals surface area contributed by atoms with Gasteiger partial charge in [-0.3, -0.25) is 4.79 Å². The van der Waals surface area contributed by atoms with Crippen molar-refractivity contribution in [2.75, 3.05) is 20.7 Å². The molecule has 0 radical (unpaired) electrons. The molecule has 2 heterocycles. The second-order valence-electron chi connectivity index (χ2n) is 8.33. The van der Waals surface area contributed by atoms with E-state index in [0.717, 1.165) is 37.3 Å². The zero-order valence-electron chi connectivity index (χ0n) is 16.5. The number of hydrogen-bond acceptors (Lipinski definition) is 4. The maximum atomic E-state index is 11.8. The lowest BCUT2D eigenvalue weighted by Crippen LogP contribution is -2.65. The fourth-order valence-corrected chi connectivity index (χ4v) is 5.90. The summed E-state index contributed by atoms with van der Waals surface area (Å²) >= 11 is 0. The van der Waals surface area contributed by atoms with Crippen molar-refractivity contribution >= 4 is 5.91 Å². The second kappa shape index (κ2) is 6.15. The average molecular weight is 358 g/mol. The fraction of sp³-hybridized carbons (Fsp3) is 0.667. The summed E-state index contributed by atoms with van der Waals surface area (Å²) in [7, 11) is 3.93. The summed E-state index contributed by atoms with van der Waals surface area (Å²) in [6.07, 6.45) is 3.10. The molecule has 1 spiro atoms. The summed E-state index contributed by atoms with van der Waals surface area (Å²) in [5.41, 5.74) is 2.54. The lowest BCUT2D eigenvalue weighted by atomic mass is 9.54. The van der Waals surface area contributed by atoms with Crippen molar-refractivity contribution in [1.82, 2.24) is 10.2 Å². The van der Waals surface area contributed by atoms with Crippen molar-refractivity contribution in [2.24, 2.45) is 5.92 Å². The Labute approximate surface area is 156 Å². The minimum absolute atomic E-state index is 0.0211.